The van der Waals surface area contributed by atoms with Crippen LogP contribution < -0.4 is 9.80 Å². The highest BCUT2D eigenvalue weighted by Gasteiger charge is 2.28. The van der Waals surface area contributed by atoms with Gasteiger partial charge in [-0.05, 0) is 126 Å². The van der Waals surface area contributed by atoms with Crippen LogP contribution in [0.1, 0.15) is 22.3 Å². The lowest BCUT2D eigenvalue weighted by Crippen LogP contribution is -2.33. The molecule has 13 rings (SSSR count). The molecule has 0 N–H and O–H groups in total. The van der Waals surface area contributed by atoms with E-state index < -0.39 is 0 Å². The van der Waals surface area contributed by atoms with Gasteiger partial charge in [0.1, 0.15) is 22.3 Å². The van der Waals surface area contributed by atoms with Crippen molar-refractivity contribution in [3.05, 3.63) is 204 Å². The van der Waals surface area contributed by atoms with Crippen LogP contribution in [0.3, 0.4) is 0 Å². The summed E-state index contributed by atoms with van der Waals surface area (Å²) in [5, 5.41) is 8.96. The molecule has 1 aliphatic rings. The molecule has 0 saturated heterocycles. The lowest BCUT2D eigenvalue weighted by atomic mass is 9.90. The van der Waals surface area contributed by atoms with Crippen LogP contribution in [-0.4, -0.2) is 6.04 Å². The van der Waals surface area contributed by atoms with Crippen molar-refractivity contribution >= 4 is 111 Å². The highest BCUT2D eigenvalue weighted by Crippen LogP contribution is 2.46. The summed E-state index contributed by atoms with van der Waals surface area (Å²) < 4.78 is 20.0. The second kappa shape index (κ2) is 13.7. The quantitative estimate of drug-likeness (QED) is 0.167. The lowest BCUT2D eigenvalue weighted by Gasteiger charge is -2.35. The number of aryl methyl sites for hydroxylation is 2. The number of fused-ring (bicyclic) bond motifs is 11. The standard InChI is InChI=1S/C58H40N2O3/c1-35-13-3-7-19-49(35)59(51-21-11-17-45-43-15-5-9-23-53(43)62-57(45)51)41-27-25-37-31-47-48-32-38-26-28-42(30-40(38)34-56(48)61-55(47)33-39(37)29-41)60(50-20-8-4-14-36(50)2)52-22-12-18-46-44-16-6-10-24-54(44)63-58(46)52/h3-29,31-34,42H,30H2,1-2H3. The first-order valence-electron chi connectivity index (χ1n) is 21.7. The van der Waals surface area contributed by atoms with Crippen LogP contribution in [0, 0.1) is 13.8 Å². The van der Waals surface area contributed by atoms with Crippen molar-refractivity contribution in [2.24, 2.45) is 0 Å². The number of benzene rings is 9. The second-order valence-corrected chi connectivity index (χ2v) is 16.9. The first-order chi connectivity index (χ1) is 31.0. The molecule has 0 fully saturated rings. The summed E-state index contributed by atoms with van der Waals surface area (Å²) in [6, 6.07) is 62.6. The number of furan rings is 3. The number of rotatable bonds is 6. The minimum absolute atomic E-state index is 0.0434. The Labute approximate surface area is 363 Å². The van der Waals surface area contributed by atoms with Gasteiger partial charge in [-0.3, -0.25) is 0 Å². The molecule has 0 spiro atoms. The average molecular weight is 813 g/mol. The fourth-order valence-corrected chi connectivity index (χ4v) is 10.1. The molecular formula is C58H40N2O3. The number of anilines is 5. The Kier molecular flexibility index (Phi) is 7.79. The highest BCUT2D eigenvalue weighted by atomic mass is 16.3. The largest absolute Gasteiger partial charge is 0.456 e. The predicted octanol–water partition coefficient (Wildman–Crippen LogP) is 16.4. The van der Waals surface area contributed by atoms with Gasteiger partial charge in [0.05, 0.1) is 17.4 Å². The molecular weight excluding hydrogens is 773 g/mol. The van der Waals surface area contributed by atoms with Gasteiger partial charge in [0.2, 0.25) is 0 Å². The fourth-order valence-electron chi connectivity index (χ4n) is 10.1. The molecule has 9 aromatic carbocycles. The first kappa shape index (κ1) is 35.7. The van der Waals surface area contributed by atoms with E-state index in [1.807, 2.05) is 18.2 Å². The van der Waals surface area contributed by atoms with Crippen LogP contribution in [0.25, 0.3) is 82.7 Å². The molecule has 300 valence electrons. The smallest absolute Gasteiger partial charge is 0.159 e. The maximum Gasteiger partial charge on any atom is 0.159 e. The van der Waals surface area contributed by atoms with Crippen LogP contribution in [0.15, 0.2) is 195 Å². The zero-order valence-corrected chi connectivity index (χ0v) is 34.8. The van der Waals surface area contributed by atoms with Crippen molar-refractivity contribution in [2.45, 2.75) is 26.3 Å². The van der Waals surface area contributed by atoms with Gasteiger partial charge >= 0.3 is 0 Å². The molecule has 0 aliphatic heterocycles. The summed E-state index contributed by atoms with van der Waals surface area (Å²) >= 11 is 0. The molecule has 1 atom stereocenters. The van der Waals surface area contributed by atoms with Crippen LogP contribution in [0.4, 0.5) is 28.4 Å². The highest BCUT2D eigenvalue weighted by molar-refractivity contribution is 6.13. The molecule has 1 aliphatic carbocycles. The number of para-hydroxylation sites is 6. The summed E-state index contributed by atoms with van der Waals surface area (Å²) in [7, 11) is 0. The molecule has 5 heteroatoms. The SMILES string of the molecule is Cc1ccccc1N(c1ccc2cc3c(cc2c1)oc1cc2c(cc13)C=CC(N(c1ccccc1C)c1cccc3c1oc1ccccc13)C2)c1cccc2c1oc1ccccc12. The predicted molar refractivity (Wildman–Crippen MR) is 261 cm³/mol. The topological polar surface area (TPSA) is 45.9 Å². The Morgan fingerprint density at radius 3 is 1.75 bits per heavy atom. The summed E-state index contributed by atoms with van der Waals surface area (Å²) in [6.07, 6.45) is 5.46. The van der Waals surface area contributed by atoms with Gasteiger partial charge in [-0.2, -0.15) is 0 Å². The van der Waals surface area contributed by atoms with E-state index in [-0.39, 0.29) is 6.04 Å². The van der Waals surface area contributed by atoms with Crippen LogP contribution in [0.2, 0.25) is 0 Å². The Morgan fingerprint density at radius 2 is 1.02 bits per heavy atom. The number of nitrogens with zero attached hydrogens (tertiary/aromatic N) is 2. The zero-order valence-electron chi connectivity index (χ0n) is 34.8. The van der Waals surface area contributed by atoms with Crippen molar-refractivity contribution in [2.75, 3.05) is 9.80 Å². The van der Waals surface area contributed by atoms with Gasteiger partial charge in [0.15, 0.2) is 11.2 Å². The monoisotopic (exact) mass is 812 g/mol. The van der Waals surface area contributed by atoms with Gasteiger partial charge in [-0.25, -0.2) is 0 Å². The Hall–Kier alpha value is -8.02. The minimum Gasteiger partial charge on any atom is -0.456 e. The van der Waals surface area contributed by atoms with Gasteiger partial charge < -0.3 is 23.1 Å². The maximum atomic E-state index is 6.80. The van der Waals surface area contributed by atoms with E-state index in [1.54, 1.807) is 0 Å². The maximum absolute atomic E-state index is 6.80. The number of hydrogen-bond donors (Lipinski definition) is 0. The fraction of sp³-hybridized carbons (Fsp3) is 0.0690. The van der Waals surface area contributed by atoms with E-state index in [0.29, 0.717) is 0 Å². The summed E-state index contributed by atoms with van der Waals surface area (Å²) in [4.78, 5) is 4.79. The molecule has 0 saturated carbocycles. The molecule has 3 aromatic heterocycles. The van der Waals surface area contributed by atoms with E-state index in [2.05, 4.69) is 194 Å². The van der Waals surface area contributed by atoms with Crippen LogP contribution in [-0.2, 0) is 6.42 Å². The van der Waals surface area contributed by atoms with Gasteiger partial charge in [0.25, 0.3) is 0 Å². The van der Waals surface area contributed by atoms with Crippen LogP contribution in [0.5, 0.6) is 0 Å². The summed E-state index contributed by atoms with van der Waals surface area (Å²) in [6.45, 7) is 4.35. The van der Waals surface area contributed by atoms with E-state index in [1.165, 1.54) is 22.3 Å². The van der Waals surface area contributed by atoms with Crippen molar-refractivity contribution in [3.63, 3.8) is 0 Å². The van der Waals surface area contributed by atoms with Crippen molar-refractivity contribution in [1.29, 1.82) is 0 Å². The van der Waals surface area contributed by atoms with Crippen LogP contribution >= 0.6 is 0 Å². The summed E-state index contributed by atoms with van der Waals surface area (Å²) in [5.41, 5.74) is 15.5. The number of hydrogen-bond acceptors (Lipinski definition) is 5. The van der Waals surface area contributed by atoms with Gasteiger partial charge in [0, 0.05) is 49.4 Å². The van der Waals surface area contributed by atoms with Gasteiger partial charge in [-0.15, -0.1) is 0 Å². The van der Waals surface area contributed by atoms with Crippen molar-refractivity contribution in [1.82, 2.24) is 0 Å². The molecule has 1 unspecified atom stereocenters. The van der Waals surface area contributed by atoms with Crippen molar-refractivity contribution in [3.8, 4) is 0 Å². The molecule has 0 radical (unpaired) electrons. The Bertz CT molecular complexity index is 3850. The second-order valence-electron chi connectivity index (χ2n) is 16.9. The van der Waals surface area contributed by atoms with Gasteiger partial charge in [-0.1, -0.05) is 115 Å². The average Bonchev–Trinajstić information content (AvgIpc) is 4.00. The third-order valence-corrected chi connectivity index (χ3v) is 13.2. The summed E-state index contributed by atoms with van der Waals surface area (Å²) in [5.74, 6) is 0. The molecule has 0 bridgehead atoms. The Morgan fingerprint density at radius 1 is 0.429 bits per heavy atom. The third kappa shape index (κ3) is 5.56. The Balaban J connectivity index is 0.912. The van der Waals surface area contributed by atoms with E-state index in [9.17, 15) is 0 Å². The van der Waals surface area contributed by atoms with E-state index >= 15 is 0 Å². The zero-order chi connectivity index (χ0) is 41.8. The van der Waals surface area contributed by atoms with E-state index in [0.717, 1.165) is 111 Å². The molecule has 12 aromatic rings. The van der Waals surface area contributed by atoms with E-state index in [4.69, 9.17) is 13.3 Å². The first-order valence-corrected chi connectivity index (χ1v) is 21.7. The molecule has 5 nitrogen and oxygen atoms in total. The third-order valence-electron chi connectivity index (χ3n) is 13.2. The normalized spacial score (nSPS) is 13.9. The lowest BCUT2D eigenvalue weighted by molar-refractivity contribution is 0.662. The molecule has 63 heavy (non-hydrogen) atoms. The minimum atomic E-state index is 0.0434. The molecule has 3 heterocycles. The van der Waals surface area contributed by atoms with Crippen molar-refractivity contribution < 1.29 is 13.3 Å². The molecule has 0 amide bonds.